The summed E-state index contributed by atoms with van der Waals surface area (Å²) < 4.78 is 6.44. The molecule has 0 amide bonds. The number of aromatic hydroxyl groups is 1. The van der Waals surface area contributed by atoms with Gasteiger partial charge in [0, 0.05) is 12.0 Å². The van der Waals surface area contributed by atoms with Gasteiger partial charge in [0.2, 0.25) is 5.82 Å². The molecule has 0 saturated carbocycles. The third-order valence-corrected chi connectivity index (χ3v) is 6.29. The number of nitrogens with zero attached hydrogens (tertiary/aromatic N) is 4. The first-order valence-corrected chi connectivity index (χ1v) is 12.4. The molecular weight excluding hydrogens is 456 g/mol. The van der Waals surface area contributed by atoms with E-state index in [1.54, 1.807) is 4.57 Å². The molecule has 0 aliphatic rings. The van der Waals surface area contributed by atoms with Crippen molar-refractivity contribution in [2.45, 2.75) is 59.6 Å². The topological polar surface area (TPSA) is 114 Å². The van der Waals surface area contributed by atoms with Crippen molar-refractivity contribution in [2.24, 2.45) is 5.92 Å². The van der Waals surface area contributed by atoms with E-state index in [0.29, 0.717) is 36.5 Å². The fraction of sp³-hybridized carbons (Fsp3) is 0.357. The van der Waals surface area contributed by atoms with E-state index in [4.69, 9.17) is 9.51 Å². The van der Waals surface area contributed by atoms with Crippen LogP contribution < -0.4 is 5.56 Å². The van der Waals surface area contributed by atoms with E-state index < -0.39 is 12.2 Å². The first-order chi connectivity index (χ1) is 17.3. The smallest absolute Gasteiger partial charge is 0.415 e. The second-order valence-corrected chi connectivity index (χ2v) is 9.22. The van der Waals surface area contributed by atoms with Crippen LogP contribution in [0, 0.1) is 5.92 Å². The number of hydrogen-bond acceptors (Lipinski definition) is 7. The maximum atomic E-state index is 13.6. The molecule has 2 aromatic carbocycles. The molecule has 4 aromatic rings. The van der Waals surface area contributed by atoms with Crippen LogP contribution in [-0.2, 0) is 19.4 Å². The zero-order chi connectivity index (χ0) is 25.8. The monoisotopic (exact) mass is 488 g/mol. The molecule has 2 N–H and O–H groups in total. The second-order valence-electron chi connectivity index (χ2n) is 9.22. The summed E-state index contributed by atoms with van der Waals surface area (Å²) in [5.41, 5.74) is 4.44. The quantitative estimate of drug-likeness (QED) is 0.344. The van der Waals surface area contributed by atoms with Gasteiger partial charge in [-0.2, -0.15) is 4.98 Å². The van der Waals surface area contributed by atoms with E-state index in [9.17, 15) is 15.0 Å². The van der Waals surface area contributed by atoms with Crippen molar-refractivity contribution in [1.82, 2.24) is 19.7 Å². The molecule has 0 saturated heterocycles. The van der Waals surface area contributed by atoms with E-state index in [2.05, 4.69) is 17.1 Å². The van der Waals surface area contributed by atoms with E-state index >= 15 is 0 Å². The molecule has 188 valence electrons. The van der Waals surface area contributed by atoms with E-state index in [1.807, 2.05) is 69.3 Å². The van der Waals surface area contributed by atoms with Crippen molar-refractivity contribution in [3.8, 4) is 28.6 Å². The Bertz CT molecular complexity index is 1390. The molecule has 8 heteroatoms. The average Bonchev–Trinajstić information content (AvgIpc) is 3.32. The van der Waals surface area contributed by atoms with E-state index in [1.165, 1.54) is 0 Å². The Morgan fingerprint density at radius 3 is 2.28 bits per heavy atom. The predicted octanol–water partition coefficient (Wildman–Crippen LogP) is 4.92. The highest BCUT2D eigenvalue weighted by molar-refractivity contribution is 5.80. The highest BCUT2D eigenvalue weighted by atomic mass is 16.6. The standard InChI is InChI=1S/C28H32N4O4/c1-5-9-23-29-22(6-2)24(25(33)17(3)4)27(34)32(23)16-18-12-14-19(15-13-18)20-10-7-8-11-21(20)26-30-28(35)36-31-26/h7-8,10-15,17,25,33H,5-6,9,16H2,1-4H3,(H,30,31,35). The molecule has 0 aliphatic carbocycles. The highest BCUT2D eigenvalue weighted by Gasteiger charge is 2.24. The largest absolute Gasteiger partial charge is 0.464 e. The Balaban J connectivity index is 1.71. The van der Waals surface area contributed by atoms with Gasteiger partial charge in [-0.15, -0.1) is 0 Å². The number of aliphatic hydroxyl groups is 1. The van der Waals surface area contributed by atoms with Crippen LogP contribution in [0.3, 0.4) is 0 Å². The van der Waals surface area contributed by atoms with Crippen molar-refractivity contribution >= 4 is 0 Å². The van der Waals surface area contributed by atoms with Crippen molar-refractivity contribution < 1.29 is 14.7 Å². The molecule has 8 nitrogen and oxygen atoms in total. The molecule has 1 unspecified atom stereocenters. The number of hydrogen-bond donors (Lipinski definition) is 2. The van der Waals surface area contributed by atoms with Crippen LogP contribution in [0.2, 0.25) is 0 Å². The first-order valence-electron chi connectivity index (χ1n) is 12.4. The fourth-order valence-corrected chi connectivity index (χ4v) is 4.37. The van der Waals surface area contributed by atoms with Crippen LogP contribution in [0.25, 0.3) is 22.5 Å². The van der Waals surface area contributed by atoms with Gasteiger partial charge in [0.05, 0.1) is 23.9 Å². The van der Waals surface area contributed by atoms with Gasteiger partial charge >= 0.3 is 6.08 Å². The fourth-order valence-electron chi connectivity index (χ4n) is 4.37. The molecule has 0 spiro atoms. The number of aromatic nitrogens is 4. The number of aliphatic hydroxyl groups excluding tert-OH is 1. The lowest BCUT2D eigenvalue weighted by Gasteiger charge is -2.21. The normalized spacial score (nSPS) is 12.3. The lowest BCUT2D eigenvalue weighted by Crippen LogP contribution is -2.33. The van der Waals surface area contributed by atoms with Gasteiger partial charge in [0.1, 0.15) is 5.82 Å². The summed E-state index contributed by atoms with van der Waals surface area (Å²) in [6, 6.07) is 15.5. The summed E-state index contributed by atoms with van der Waals surface area (Å²) in [4.78, 5) is 22.4. The average molecular weight is 489 g/mol. The Morgan fingerprint density at radius 2 is 1.69 bits per heavy atom. The minimum Gasteiger partial charge on any atom is -0.464 e. The van der Waals surface area contributed by atoms with Crippen molar-refractivity contribution in [3.63, 3.8) is 0 Å². The molecule has 0 aliphatic heterocycles. The molecular formula is C28H32N4O4. The van der Waals surface area contributed by atoms with Crippen LogP contribution in [0.15, 0.2) is 57.8 Å². The van der Waals surface area contributed by atoms with Crippen molar-refractivity contribution in [1.29, 1.82) is 0 Å². The summed E-state index contributed by atoms with van der Waals surface area (Å²) in [6.45, 7) is 8.20. The number of rotatable bonds is 9. The molecule has 0 fully saturated rings. The maximum absolute atomic E-state index is 13.6. The van der Waals surface area contributed by atoms with Gasteiger partial charge in [-0.25, -0.2) is 4.98 Å². The number of benzene rings is 2. The van der Waals surface area contributed by atoms with E-state index in [0.717, 1.165) is 34.5 Å². The lowest BCUT2D eigenvalue weighted by molar-refractivity contribution is 0.123. The van der Waals surface area contributed by atoms with Gasteiger partial charge in [-0.1, -0.05) is 81.4 Å². The SMILES string of the molecule is CCCc1nc(CC)c(C(O)C(C)C)c(=O)n1Cc1ccc(-c2ccccc2-c2noc(O)n2)cc1. The lowest BCUT2D eigenvalue weighted by atomic mass is 9.97. The first kappa shape index (κ1) is 25.3. The van der Waals surface area contributed by atoms with Gasteiger partial charge < -0.3 is 10.2 Å². The third kappa shape index (κ3) is 5.09. The zero-order valence-corrected chi connectivity index (χ0v) is 21.1. The Morgan fingerprint density at radius 1 is 1.00 bits per heavy atom. The Labute approximate surface area is 210 Å². The maximum Gasteiger partial charge on any atom is 0.415 e. The summed E-state index contributed by atoms with van der Waals surface area (Å²) in [5, 5.41) is 24.1. The predicted molar refractivity (Wildman–Crippen MR) is 138 cm³/mol. The summed E-state index contributed by atoms with van der Waals surface area (Å²) >= 11 is 0. The van der Waals surface area contributed by atoms with Crippen LogP contribution in [-0.4, -0.2) is 29.9 Å². The third-order valence-electron chi connectivity index (χ3n) is 6.29. The molecule has 2 aromatic heterocycles. The molecule has 4 rings (SSSR count). The molecule has 1 atom stereocenters. The van der Waals surface area contributed by atoms with Gasteiger partial charge in [-0.05, 0) is 35.4 Å². The molecule has 0 radical (unpaired) electrons. The zero-order valence-electron chi connectivity index (χ0n) is 21.1. The summed E-state index contributed by atoms with van der Waals surface area (Å²) in [5.74, 6) is 0.961. The van der Waals surface area contributed by atoms with Gasteiger partial charge in [0.15, 0.2) is 0 Å². The Hall–Kier alpha value is -3.78. The van der Waals surface area contributed by atoms with Gasteiger partial charge in [-0.3, -0.25) is 13.9 Å². The molecule has 2 heterocycles. The summed E-state index contributed by atoms with van der Waals surface area (Å²) in [7, 11) is 0. The molecule has 36 heavy (non-hydrogen) atoms. The number of aryl methyl sites for hydroxylation is 2. The highest BCUT2D eigenvalue weighted by Crippen LogP contribution is 2.31. The minimum absolute atomic E-state index is 0.0873. The van der Waals surface area contributed by atoms with Crippen molar-refractivity contribution in [3.05, 3.63) is 81.5 Å². The van der Waals surface area contributed by atoms with Crippen LogP contribution in [0.5, 0.6) is 6.08 Å². The van der Waals surface area contributed by atoms with Crippen LogP contribution in [0.1, 0.15) is 62.9 Å². The van der Waals surface area contributed by atoms with E-state index in [-0.39, 0.29) is 11.5 Å². The Kier molecular flexibility index (Phi) is 7.64. The minimum atomic E-state index is -0.856. The van der Waals surface area contributed by atoms with Crippen molar-refractivity contribution in [2.75, 3.05) is 0 Å². The second kappa shape index (κ2) is 10.9. The summed E-state index contributed by atoms with van der Waals surface area (Å²) in [6.07, 6.45) is 0.809. The molecule has 0 bridgehead atoms. The van der Waals surface area contributed by atoms with Crippen LogP contribution >= 0.6 is 0 Å². The van der Waals surface area contributed by atoms with Gasteiger partial charge in [0.25, 0.3) is 5.56 Å². The van der Waals surface area contributed by atoms with Crippen LogP contribution in [0.4, 0.5) is 0 Å².